The monoisotopic (exact) mass is 354 g/mol. The number of aryl methyl sites for hydroxylation is 2. The van der Waals surface area contributed by atoms with Crippen molar-refractivity contribution in [2.24, 2.45) is 0 Å². The number of hydrogen-bond donors (Lipinski definition) is 0. The summed E-state index contributed by atoms with van der Waals surface area (Å²) in [6.45, 7) is 3.35. The number of carbonyl (C=O) groups is 1. The Kier molecular flexibility index (Phi) is 3.80. The normalized spacial score (nSPS) is 10.4. The van der Waals surface area contributed by atoms with Crippen LogP contribution < -0.4 is 0 Å². The lowest BCUT2D eigenvalue weighted by Gasteiger charge is -2.06. The van der Waals surface area contributed by atoms with Crippen LogP contribution in [0.25, 0.3) is 0 Å². The van der Waals surface area contributed by atoms with Crippen molar-refractivity contribution in [2.45, 2.75) is 13.8 Å². The Morgan fingerprint density at radius 2 is 1.50 bits per heavy atom. The fourth-order valence-electron chi connectivity index (χ4n) is 1.84. The van der Waals surface area contributed by atoms with Gasteiger partial charge in [-0.3, -0.25) is 4.79 Å². The van der Waals surface area contributed by atoms with Crippen molar-refractivity contribution < 1.29 is 9.18 Å². The predicted octanol–water partition coefficient (Wildman–Crippen LogP) is 4.28. The Bertz CT molecular complexity index is 579. The molecular formula is C15H12FIO. The molecule has 0 saturated heterocycles. The molecule has 3 heteroatoms. The first kappa shape index (κ1) is 13.2. The molecule has 0 heterocycles. The molecular weight excluding hydrogens is 342 g/mol. The number of halogens is 2. The lowest BCUT2D eigenvalue weighted by molar-refractivity contribution is 0.103. The van der Waals surface area contributed by atoms with E-state index in [1.54, 1.807) is 38.1 Å². The van der Waals surface area contributed by atoms with Crippen LogP contribution in [0.5, 0.6) is 0 Å². The van der Waals surface area contributed by atoms with Crippen LogP contribution in [-0.4, -0.2) is 5.78 Å². The topological polar surface area (TPSA) is 17.1 Å². The van der Waals surface area contributed by atoms with Crippen LogP contribution in [-0.2, 0) is 0 Å². The third kappa shape index (κ3) is 2.61. The first-order valence-corrected chi connectivity index (χ1v) is 6.64. The Balaban J connectivity index is 2.43. The molecule has 0 aliphatic heterocycles. The number of rotatable bonds is 2. The van der Waals surface area contributed by atoms with Crippen molar-refractivity contribution >= 4 is 28.4 Å². The van der Waals surface area contributed by atoms with Gasteiger partial charge in [-0.05, 0) is 84.0 Å². The molecule has 0 radical (unpaired) electrons. The molecule has 0 aliphatic carbocycles. The molecule has 18 heavy (non-hydrogen) atoms. The van der Waals surface area contributed by atoms with Gasteiger partial charge in [-0.15, -0.1) is 0 Å². The molecule has 0 saturated carbocycles. The van der Waals surface area contributed by atoms with Crippen molar-refractivity contribution in [3.05, 3.63) is 68.0 Å². The molecule has 1 nitrogen and oxygen atoms in total. The summed E-state index contributed by atoms with van der Waals surface area (Å²) in [7, 11) is 0. The van der Waals surface area contributed by atoms with Gasteiger partial charge in [0, 0.05) is 14.7 Å². The summed E-state index contributed by atoms with van der Waals surface area (Å²) < 4.78 is 14.6. The second-order valence-electron chi connectivity index (χ2n) is 4.26. The summed E-state index contributed by atoms with van der Waals surface area (Å²) in [5, 5.41) is 0. The van der Waals surface area contributed by atoms with Crippen LogP contribution in [0.15, 0.2) is 36.4 Å². The zero-order chi connectivity index (χ0) is 13.3. The number of carbonyl (C=O) groups excluding carboxylic acids is 1. The minimum Gasteiger partial charge on any atom is -0.289 e. The van der Waals surface area contributed by atoms with Gasteiger partial charge in [0.15, 0.2) is 5.78 Å². The maximum Gasteiger partial charge on any atom is 0.193 e. The van der Waals surface area contributed by atoms with Crippen LogP contribution in [0, 0.1) is 23.2 Å². The van der Waals surface area contributed by atoms with E-state index >= 15 is 0 Å². The minimum atomic E-state index is -0.242. The Hall–Kier alpha value is -1.23. The molecule has 0 fully saturated rings. The summed E-state index contributed by atoms with van der Waals surface area (Å²) in [5.41, 5.74) is 2.17. The molecule has 0 bridgehead atoms. The molecule has 2 rings (SSSR count). The average molecular weight is 354 g/mol. The smallest absolute Gasteiger partial charge is 0.193 e. The lowest BCUT2D eigenvalue weighted by Crippen LogP contribution is -2.03. The highest BCUT2D eigenvalue weighted by molar-refractivity contribution is 14.1. The van der Waals surface area contributed by atoms with E-state index in [1.807, 2.05) is 12.1 Å². The molecule has 0 aromatic heterocycles. The molecule has 2 aromatic carbocycles. The maximum atomic E-state index is 13.5. The van der Waals surface area contributed by atoms with Crippen molar-refractivity contribution in [1.82, 2.24) is 0 Å². The minimum absolute atomic E-state index is 0.0717. The zero-order valence-corrected chi connectivity index (χ0v) is 12.3. The Morgan fingerprint density at radius 3 is 2.00 bits per heavy atom. The summed E-state index contributed by atoms with van der Waals surface area (Å²) in [4.78, 5) is 12.2. The largest absolute Gasteiger partial charge is 0.289 e. The Labute approximate surface area is 119 Å². The van der Waals surface area contributed by atoms with Crippen molar-refractivity contribution in [2.75, 3.05) is 0 Å². The van der Waals surface area contributed by atoms with Gasteiger partial charge in [0.2, 0.25) is 0 Å². The van der Waals surface area contributed by atoms with Crippen LogP contribution in [0.4, 0.5) is 4.39 Å². The van der Waals surface area contributed by atoms with Crippen molar-refractivity contribution in [1.29, 1.82) is 0 Å². The van der Waals surface area contributed by atoms with E-state index in [-0.39, 0.29) is 11.6 Å². The second kappa shape index (κ2) is 5.18. The van der Waals surface area contributed by atoms with Crippen LogP contribution >= 0.6 is 22.6 Å². The van der Waals surface area contributed by atoms with Gasteiger partial charge in [0.25, 0.3) is 0 Å². The molecule has 0 spiro atoms. The molecule has 92 valence electrons. The summed E-state index contributed by atoms with van der Waals surface area (Å²) >= 11 is 2.19. The average Bonchev–Trinajstić information content (AvgIpc) is 2.35. The molecule has 0 aliphatic rings. The van der Waals surface area contributed by atoms with Gasteiger partial charge < -0.3 is 0 Å². The van der Waals surface area contributed by atoms with Gasteiger partial charge >= 0.3 is 0 Å². The summed E-state index contributed by atoms with van der Waals surface area (Å²) in [5.74, 6) is -0.313. The molecule has 0 amide bonds. The summed E-state index contributed by atoms with van der Waals surface area (Å²) in [6.07, 6.45) is 0. The van der Waals surface area contributed by atoms with Gasteiger partial charge in [-0.2, -0.15) is 0 Å². The van der Waals surface area contributed by atoms with Gasteiger partial charge in [0.05, 0.1) is 0 Å². The number of benzene rings is 2. The number of hydrogen-bond acceptors (Lipinski definition) is 1. The second-order valence-corrected chi connectivity index (χ2v) is 5.51. The van der Waals surface area contributed by atoms with E-state index in [0.717, 1.165) is 3.57 Å². The van der Waals surface area contributed by atoms with Gasteiger partial charge in [-0.25, -0.2) is 4.39 Å². The third-order valence-electron chi connectivity index (χ3n) is 2.81. The highest BCUT2D eigenvalue weighted by Gasteiger charge is 2.12. The molecule has 2 aromatic rings. The fourth-order valence-corrected chi connectivity index (χ4v) is 2.20. The maximum absolute atomic E-state index is 13.5. The first-order chi connectivity index (χ1) is 8.49. The lowest BCUT2D eigenvalue weighted by atomic mass is 9.99. The van der Waals surface area contributed by atoms with Gasteiger partial charge in [-0.1, -0.05) is 0 Å². The molecule has 0 atom stereocenters. The van der Waals surface area contributed by atoms with E-state index in [9.17, 15) is 9.18 Å². The van der Waals surface area contributed by atoms with E-state index in [0.29, 0.717) is 22.3 Å². The summed E-state index contributed by atoms with van der Waals surface area (Å²) in [6, 6.07) is 10.6. The van der Waals surface area contributed by atoms with Crippen molar-refractivity contribution in [3.8, 4) is 0 Å². The van der Waals surface area contributed by atoms with E-state index in [2.05, 4.69) is 22.6 Å². The SMILES string of the molecule is Cc1cc(C(=O)c2ccc(I)cc2)cc(C)c1F. The quantitative estimate of drug-likeness (QED) is 0.581. The highest BCUT2D eigenvalue weighted by atomic mass is 127. The third-order valence-corrected chi connectivity index (χ3v) is 3.52. The first-order valence-electron chi connectivity index (χ1n) is 5.56. The van der Waals surface area contributed by atoms with Crippen LogP contribution in [0.1, 0.15) is 27.0 Å². The fraction of sp³-hybridized carbons (Fsp3) is 0.133. The van der Waals surface area contributed by atoms with Gasteiger partial charge in [0.1, 0.15) is 5.82 Å². The zero-order valence-electron chi connectivity index (χ0n) is 10.1. The van der Waals surface area contributed by atoms with E-state index < -0.39 is 0 Å². The van der Waals surface area contributed by atoms with Crippen LogP contribution in [0.2, 0.25) is 0 Å². The highest BCUT2D eigenvalue weighted by Crippen LogP contribution is 2.18. The predicted molar refractivity (Wildman–Crippen MR) is 78.5 cm³/mol. The number of ketones is 1. The Morgan fingerprint density at radius 1 is 1.00 bits per heavy atom. The van der Waals surface area contributed by atoms with Crippen molar-refractivity contribution in [3.63, 3.8) is 0 Å². The van der Waals surface area contributed by atoms with E-state index in [1.165, 1.54) is 0 Å². The molecule has 0 N–H and O–H groups in total. The standard InChI is InChI=1S/C15H12FIO/c1-9-7-12(8-10(2)14(9)16)15(18)11-3-5-13(17)6-4-11/h3-8H,1-2H3. The molecule has 0 unspecified atom stereocenters. The van der Waals surface area contributed by atoms with Crippen LogP contribution in [0.3, 0.4) is 0 Å². The van der Waals surface area contributed by atoms with E-state index in [4.69, 9.17) is 0 Å².